The van der Waals surface area contributed by atoms with E-state index in [0.29, 0.717) is 0 Å². The SMILES string of the molecule is C1CCCCC1.CC(C)(C)OC(=O)NCC(=O)N1CCCC1. The predicted octanol–water partition coefficient (Wildman–Crippen LogP) is 3.47. The normalized spacial score (nSPS) is 18.2. The van der Waals surface area contributed by atoms with Crippen LogP contribution in [0.1, 0.15) is 72.1 Å². The molecule has 0 aromatic carbocycles. The summed E-state index contributed by atoms with van der Waals surface area (Å²) in [5.41, 5.74) is -0.527. The Balaban J connectivity index is 0.000000335. The zero-order chi connectivity index (χ0) is 16.4. The lowest BCUT2D eigenvalue weighted by molar-refractivity contribution is -0.129. The maximum atomic E-state index is 11.6. The summed E-state index contributed by atoms with van der Waals surface area (Å²) < 4.78 is 5.03. The molecule has 1 heterocycles. The number of nitrogens with one attached hydrogen (secondary N) is 1. The molecule has 0 unspecified atom stereocenters. The van der Waals surface area contributed by atoms with Crippen LogP contribution in [-0.2, 0) is 9.53 Å². The van der Waals surface area contributed by atoms with Crippen molar-refractivity contribution in [3.63, 3.8) is 0 Å². The van der Waals surface area contributed by atoms with Crippen molar-refractivity contribution >= 4 is 12.0 Å². The molecule has 1 aliphatic carbocycles. The number of hydrogen-bond acceptors (Lipinski definition) is 3. The highest BCUT2D eigenvalue weighted by Gasteiger charge is 2.20. The van der Waals surface area contributed by atoms with Gasteiger partial charge in [-0.05, 0) is 33.6 Å². The lowest BCUT2D eigenvalue weighted by Crippen LogP contribution is -2.40. The summed E-state index contributed by atoms with van der Waals surface area (Å²) in [6.45, 7) is 6.98. The average molecular weight is 312 g/mol. The van der Waals surface area contributed by atoms with Crippen molar-refractivity contribution in [1.29, 1.82) is 0 Å². The van der Waals surface area contributed by atoms with Gasteiger partial charge in [0.15, 0.2) is 0 Å². The molecule has 128 valence electrons. The van der Waals surface area contributed by atoms with Gasteiger partial charge in [0.05, 0.1) is 0 Å². The molecule has 2 aliphatic rings. The maximum absolute atomic E-state index is 11.6. The van der Waals surface area contributed by atoms with Crippen molar-refractivity contribution < 1.29 is 14.3 Å². The minimum atomic E-state index is -0.542. The second-order valence-electron chi connectivity index (χ2n) is 7.06. The third kappa shape index (κ3) is 8.90. The van der Waals surface area contributed by atoms with E-state index in [1.54, 1.807) is 25.7 Å². The second kappa shape index (κ2) is 9.70. The number of alkyl carbamates (subject to hydrolysis) is 1. The van der Waals surface area contributed by atoms with Gasteiger partial charge in [0.2, 0.25) is 5.91 Å². The Morgan fingerprint density at radius 2 is 1.36 bits per heavy atom. The molecule has 1 saturated heterocycles. The van der Waals surface area contributed by atoms with Crippen LogP contribution in [0.2, 0.25) is 0 Å². The molecule has 0 atom stereocenters. The van der Waals surface area contributed by atoms with Gasteiger partial charge in [0.25, 0.3) is 0 Å². The first-order chi connectivity index (χ1) is 10.4. The Bertz CT molecular complexity index is 329. The molecule has 0 aromatic rings. The Kier molecular flexibility index (Phi) is 8.28. The van der Waals surface area contributed by atoms with Gasteiger partial charge in [-0.1, -0.05) is 38.5 Å². The van der Waals surface area contributed by atoms with Crippen molar-refractivity contribution in [2.24, 2.45) is 0 Å². The van der Waals surface area contributed by atoms with Gasteiger partial charge >= 0.3 is 6.09 Å². The highest BCUT2D eigenvalue weighted by Crippen LogP contribution is 2.15. The van der Waals surface area contributed by atoms with Crippen molar-refractivity contribution in [3.05, 3.63) is 0 Å². The highest BCUT2D eigenvalue weighted by molar-refractivity contribution is 5.82. The number of likely N-dealkylation sites (tertiary alicyclic amines) is 1. The minimum absolute atomic E-state index is 0.0227. The predicted molar refractivity (Wildman–Crippen MR) is 87.8 cm³/mol. The van der Waals surface area contributed by atoms with Crippen LogP contribution in [0.25, 0.3) is 0 Å². The first kappa shape index (κ1) is 18.8. The third-order valence-electron chi connectivity index (χ3n) is 3.74. The largest absolute Gasteiger partial charge is 0.444 e. The highest BCUT2D eigenvalue weighted by atomic mass is 16.6. The van der Waals surface area contributed by atoms with E-state index < -0.39 is 11.7 Å². The average Bonchev–Trinajstić information content (AvgIpc) is 3.00. The number of ether oxygens (including phenoxy) is 1. The van der Waals surface area contributed by atoms with Gasteiger partial charge < -0.3 is 15.0 Å². The molecule has 0 bridgehead atoms. The zero-order valence-electron chi connectivity index (χ0n) is 14.5. The number of carbonyl (C=O) groups is 2. The van der Waals surface area contributed by atoms with Crippen LogP contribution in [0.15, 0.2) is 0 Å². The molecule has 2 fully saturated rings. The van der Waals surface area contributed by atoms with E-state index in [9.17, 15) is 9.59 Å². The molecule has 22 heavy (non-hydrogen) atoms. The molecule has 1 aliphatic heterocycles. The number of amides is 2. The lowest BCUT2D eigenvalue weighted by Gasteiger charge is -2.20. The van der Waals surface area contributed by atoms with Gasteiger partial charge in [0, 0.05) is 13.1 Å². The van der Waals surface area contributed by atoms with Gasteiger partial charge in [-0.2, -0.15) is 0 Å². The first-order valence-electron chi connectivity index (χ1n) is 8.63. The van der Waals surface area contributed by atoms with Gasteiger partial charge in [-0.25, -0.2) is 4.79 Å². The fourth-order valence-corrected chi connectivity index (χ4v) is 2.60. The molecule has 5 nitrogen and oxygen atoms in total. The van der Waals surface area contributed by atoms with Crippen LogP contribution in [0.4, 0.5) is 4.79 Å². The van der Waals surface area contributed by atoms with E-state index in [1.807, 2.05) is 0 Å². The van der Waals surface area contributed by atoms with E-state index in [0.717, 1.165) is 25.9 Å². The number of rotatable bonds is 2. The Labute approximate surface area is 134 Å². The molecular weight excluding hydrogens is 280 g/mol. The molecule has 5 heteroatoms. The summed E-state index contributed by atoms with van der Waals surface area (Å²) in [5.74, 6) is -0.0386. The van der Waals surface area contributed by atoms with Gasteiger partial charge in [-0.15, -0.1) is 0 Å². The fraction of sp³-hybridized carbons (Fsp3) is 0.882. The van der Waals surface area contributed by atoms with E-state index in [4.69, 9.17) is 4.74 Å². The van der Waals surface area contributed by atoms with Crippen LogP contribution in [0.5, 0.6) is 0 Å². The van der Waals surface area contributed by atoms with Gasteiger partial charge in [0.1, 0.15) is 12.1 Å². The summed E-state index contributed by atoms with van der Waals surface area (Å²) in [5, 5.41) is 2.46. The van der Waals surface area contributed by atoms with Crippen molar-refractivity contribution in [1.82, 2.24) is 10.2 Å². The molecule has 1 N–H and O–H groups in total. The fourth-order valence-electron chi connectivity index (χ4n) is 2.60. The molecule has 2 rings (SSSR count). The van der Waals surface area contributed by atoms with Crippen LogP contribution >= 0.6 is 0 Å². The lowest BCUT2D eigenvalue weighted by atomic mass is 10.0. The Morgan fingerprint density at radius 1 is 0.909 bits per heavy atom. The van der Waals surface area contributed by atoms with Crippen LogP contribution < -0.4 is 5.32 Å². The van der Waals surface area contributed by atoms with E-state index in [-0.39, 0.29) is 12.5 Å². The third-order valence-corrected chi connectivity index (χ3v) is 3.74. The molecule has 0 aromatic heterocycles. The topological polar surface area (TPSA) is 58.6 Å². The quantitative estimate of drug-likeness (QED) is 0.849. The number of nitrogens with zero attached hydrogens (tertiary/aromatic N) is 1. The van der Waals surface area contributed by atoms with Crippen molar-refractivity contribution in [2.75, 3.05) is 19.6 Å². The van der Waals surface area contributed by atoms with Crippen molar-refractivity contribution in [3.8, 4) is 0 Å². The molecule has 0 radical (unpaired) electrons. The van der Waals surface area contributed by atoms with Crippen LogP contribution in [-0.4, -0.2) is 42.1 Å². The van der Waals surface area contributed by atoms with Crippen LogP contribution in [0.3, 0.4) is 0 Å². The Morgan fingerprint density at radius 3 is 1.77 bits per heavy atom. The summed E-state index contributed by atoms with van der Waals surface area (Å²) in [6.07, 6.45) is 10.6. The van der Waals surface area contributed by atoms with Crippen LogP contribution in [0, 0.1) is 0 Å². The van der Waals surface area contributed by atoms with E-state index >= 15 is 0 Å². The first-order valence-corrected chi connectivity index (χ1v) is 8.63. The number of hydrogen-bond donors (Lipinski definition) is 1. The molecule has 2 amide bonds. The monoisotopic (exact) mass is 312 g/mol. The van der Waals surface area contributed by atoms with E-state index in [2.05, 4.69) is 5.32 Å². The molecule has 0 spiro atoms. The number of carbonyl (C=O) groups excluding carboxylic acids is 2. The summed E-state index contributed by atoms with van der Waals surface area (Å²) in [4.78, 5) is 24.6. The minimum Gasteiger partial charge on any atom is -0.444 e. The molecular formula is C17H32N2O3. The molecule has 1 saturated carbocycles. The summed E-state index contributed by atoms with van der Waals surface area (Å²) in [7, 11) is 0. The standard InChI is InChI=1S/C11H20N2O3.C6H12/c1-11(2,3)16-10(15)12-8-9(14)13-6-4-5-7-13;1-2-4-6-5-3-1/h4-8H2,1-3H3,(H,12,15);1-6H2. The second-order valence-corrected chi connectivity index (χ2v) is 7.06. The summed E-state index contributed by atoms with van der Waals surface area (Å²) in [6, 6.07) is 0. The smallest absolute Gasteiger partial charge is 0.408 e. The maximum Gasteiger partial charge on any atom is 0.408 e. The van der Waals surface area contributed by atoms with E-state index in [1.165, 1.54) is 38.5 Å². The van der Waals surface area contributed by atoms with Crippen molar-refractivity contribution in [2.45, 2.75) is 77.7 Å². The van der Waals surface area contributed by atoms with Gasteiger partial charge in [-0.3, -0.25) is 4.79 Å². The summed E-state index contributed by atoms with van der Waals surface area (Å²) >= 11 is 0. The zero-order valence-corrected chi connectivity index (χ0v) is 14.5. The Hall–Kier alpha value is -1.26.